The molecule has 0 fully saturated rings. The highest BCUT2D eigenvalue weighted by molar-refractivity contribution is 5.05. The van der Waals surface area contributed by atoms with Gasteiger partial charge in [0.1, 0.15) is 12.4 Å². The monoisotopic (exact) mass is 183 g/mol. The van der Waals surface area contributed by atoms with Crippen LogP contribution in [-0.4, -0.2) is 23.2 Å². The van der Waals surface area contributed by atoms with Gasteiger partial charge in [-0.2, -0.15) is 0 Å². The smallest absolute Gasteiger partial charge is 0.134 e. The number of nitrogens with zero attached hydrogens (tertiary/aromatic N) is 2. The maximum atomic E-state index is 5.49. The van der Waals surface area contributed by atoms with Gasteiger partial charge in [-0.25, -0.2) is 4.98 Å². The predicted molar refractivity (Wildman–Crippen MR) is 51.4 cm³/mol. The second-order valence-electron chi connectivity index (χ2n) is 2.88. The van der Waals surface area contributed by atoms with E-state index in [0.717, 1.165) is 18.8 Å². The third-order valence-corrected chi connectivity index (χ3v) is 2.01. The zero-order valence-corrected chi connectivity index (χ0v) is 8.29. The van der Waals surface area contributed by atoms with Gasteiger partial charge in [0.15, 0.2) is 0 Å². The van der Waals surface area contributed by atoms with Gasteiger partial charge in [0.25, 0.3) is 0 Å². The minimum Gasteiger partial charge on any atom is -0.377 e. The summed E-state index contributed by atoms with van der Waals surface area (Å²) in [5, 5.41) is 0. The highest BCUT2D eigenvalue weighted by atomic mass is 16.5. The Labute approximate surface area is 78.7 Å². The maximum Gasteiger partial charge on any atom is 0.134 e. The number of hydrogen-bond donors (Lipinski definition) is 1. The lowest BCUT2D eigenvalue weighted by Crippen LogP contribution is -2.10. The van der Waals surface area contributed by atoms with Crippen molar-refractivity contribution in [3.05, 3.63) is 17.7 Å². The maximum absolute atomic E-state index is 5.49. The fourth-order valence-corrected chi connectivity index (χ4v) is 1.43. The van der Waals surface area contributed by atoms with Gasteiger partial charge < -0.3 is 15.0 Å². The first-order valence-electron chi connectivity index (χ1n) is 4.55. The van der Waals surface area contributed by atoms with E-state index in [2.05, 4.69) is 16.5 Å². The van der Waals surface area contributed by atoms with Gasteiger partial charge in [-0.05, 0) is 13.5 Å². The van der Waals surface area contributed by atoms with Gasteiger partial charge in [-0.1, -0.05) is 0 Å². The van der Waals surface area contributed by atoms with Crippen molar-refractivity contribution < 1.29 is 4.74 Å². The first-order valence-corrected chi connectivity index (χ1v) is 4.55. The summed E-state index contributed by atoms with van der Waals surface area (Å²) in [6.07, 6.45) is 2.76. The van der Waals surface area contributed by atoms with Crippen LogP contribution in [0.25, 0.3) is 0 Å². The molecule has 74 valence electrons. The van der Waals surface area contributed by atoms with E-state index in [-0.39, 0.29) is 0 Å². The van der Waals surface area contributed by atoms with Crippen LogP contribution >= 0.6 is 0 Å². The van der Waals surface area contributed by atoms with Gasteiger partial charge in [0, 0.05) is 32.0 Å². The number of rotatable bonds is 5. The van der Waals surface area contributed by atoms with Crippen LogP contribution in [0, 0.1) is 0 Å². The van der Waals surface area contributed by atoms with E-state index < -0.39 is 0 Å². The Morgan fingerprint density at radius 3 is 2.92 bits per heavy atom. The molecule has 2 N–H and O–H groups in total. The minimum atomic E-state index is 0.568. The molecule has 0 unspecified atom stereocenters. The van der Waals surface area contributed by atoms with Gasteiger partial charge in [-0.3, -0.25) is 0 Å². The number of imidazole rings is 1. The van der Waals surface area contributed by atoms with Crippen LogP contribution in [0.3, 0.4) is 0 Å². The third kappa shape index (κ3) is 2.29. The van der Waals surface area contributed by atoms with Crippen LogP contribution in [0.15, 0.2) is 6.20 Å². The molecule has 1 aromatic rings. The topological polar surface area (TPSA) is 53.1 Å². The fraction of sp³-hybridized carbons (Fsp3) is 0.667. The normalized spacial score (nSPS) is 10.7. The highest BCUT2D eigenvalue weighted by Crippen LogP contribution is 2.06. The number of methoxy groups -OCH3 is 1. The van der Waals surface area contributed by atoms with E-state index in [9.17, 15) is 0 Å². The van der Waals surface area contributed by atoms with E-state index in [1.165, 1.54) is 5.69 Å². The average molecular weight is 183 g/mol. The lowest BCUT2D eigenvalue weighted by molar-refractivity contribution is 0.174. The van der Waals surface area contributed by atoms with Crippen molar-refractivity contribution in [3.8, 4) is 0 Å². The molecule has 0 saturated heterocycles. The number of ether oxygens (including phenoxy) is 1. The molecule has 0 aliphatic heterocycles. The minimum absolute atomic E-state index is 0.568. The van der Waals surface area contributed by atoms with Crippen LogP contribution in [0.5, 0.6) is 0 Å². The zero-order valence-electron chi connectivity index (χ0n) is 8.29. The molecule has 0 spiro atoms. The van der Waals surface area contributed by atoms with Crippen LogP contribution in [-0.2, 0) is 24.3 Å². The molecule has 0 bridgehead atoms. The molecule has 0 amide bonds. The summed E-state index contributed by atoms with van der Waals surface area (Å²) in [6, 6.07) is 0. The first-order chi connectivity index (χ1) is 6.33. The number of aromatic nitrogens is 2. The van der Waals surface area contributed by atoms with Crippen molar-refractivity contribution in [1.29, 1.82) is 0 Å². The predicted octanol–water partition coefficient (Wildman–Crippen LogP) is 0.551. The molecule has 4 heteroatoms. The summed E-state index contributed by atoms with van der Waals surface area (Å²) in [5.74, 6) is 0.980. The van der Waals surface area contributed by atoms with E-state index in [4.69, 9.17) is 10.5 Å². The Kier molecular flexibility index (Phi) is 3.92. The van der Waals surface area contributed by atoms with Crippen molar-refractivity contribution in [2.75, 3.05) is 13.7 Å². The van der Waals surface area contributed by atoms with Crippen molar-refractivity contribution in [2.45, 2.75) is 26.5 Å². The molecule has 0 aliphatic carbocycles. The second kappa shape index (κ2) is 4.99. The van der Waals surface area contributed by atoms with E-state index in [0.29, 0.717) is 13.2 Å². The van der Waals surface area contributed by atoms with Crippen molar-refractivity contribution in [1.82, 2.24) is 9.55 Å². The molecule has 0 saturated carbocycles. The SMILES string of the molecule is CCn1c(CCN)cnc1COC. The van der Waals surface area contributed by atoms with Gasteiger partial charge in [0.2, 0.25) is 0 Å². The van der Waals surface area contributed by atoms with Crippen molar-refractivity contribution >= 4 is 0 Å². The van der Waals surface area contributed by atoms with E-state index in [1.807, 2.05) is 6.20 Å². The van der Waals surface area contributed by atoms with Crippen LogP contribution < -0.4 is 5.73 Å². The first kappa shape index (κ1) is 10.2. The van der Waals surface area contributed by atoms with Crippen molar-refractivity contribution in [2.24, 2.45) is 5.73 Å². The van der Waals surface area contributed by atoms with Crippen molar-refractivity contribution in [3.63, 3.8) is 0 Å². The summed E-state index contributed by atoms with van der Waals surface area (Å²) in [7, 11) is 1.68. The van der Waals surface area contributed by atoms with Gasteiger partial charge in [0.05, 0.1) is 0 Å². The lowest BCUT2D eigenvalue weighted by Gasteiger charge is -2.07. The summed E-state index contributed by atoms with van der Waals surface area (Å²) < 4.78 is 7.20. The van der Waals surface area contributed by atoms with Crippen LogP contribution in [0.1, 0.15) is 18.4 Å². The Balaban J connectivity index is 2.82. The molecule has 1 aromatic heterocycles. The van der Waals surface area contributed by atoms with E-state index in [1.54, 1.807) is 7.11 Å². The Hall–Kier alpha value is -0.870. The summed E-state index contributed by atoms with van der Waals surface area (Å²) in [6.45, 7) is 4.26. The zero-order chi connectivity index (χ0) is 9.68. The number of hydrogen-bond acceptors (Lipinski definition) is 3. The Bertz CT molecular complexity index is 234. The van der Waals surface area contributed by atoms with Crippen LogP contribution in [0.4, 0.5) is 0 Å². The molecular formula is C9H17N3O. The summed E-state index contributed by atoms with van der Waals surface area (Å²) in [5.41, 5.74) is 6.69. The fourth-order valence-electron chi connectivity index (χ4n) is 1.43. The lowest BCUT2D eigenvalue weighted by atomic mass is 10.3. The highest BCUT2D eigenvalue weighted by Gasteiger charge is 2.06. The molecule has 0 radical (unpaired) electrons. The van der Waals surface area contributed by atoms with Gasteiger partial charge >= 0.3 is 0 Å². The van der Waals surface area contributed by atoms with Crippen LogP contribution in [0.2, 0.25) is 0 Å². The molecule has 4 nitrogen and oxygen atoms in total. The second-order valence-corrected chi connectivity index (χ2v) is 2.88. The molecule has 0 atom stereocenters. The Morgan fingerprint density at radius 2 is 2.38 bits per heavy atom. The number of nitrogens with two attached hydrogens (primary N) is 1. The molecule has 1 rings (SSSR count). The standard InChI is InChI=1S/C9H17N3O/c1-3-12-8(4-5-10)6-11-9(12)7-13-2/h6H,3-5,7,10H2,1-2H3. The largest absolute Gasteiger partial charge is 0.377 e. The average Bonchev–Trinajstić information content (AvgIpc) is 2.49. The summed E-state index contributed by atoms with van der Waals surface area (Å²) >= 11 is 0. The van der Waals surface area contributed by atoms with Gasteiger partial charge in [-0.15, -0.1) is 0 Å². The molecule has 0 aliphatic rings. The Morgan fingerprint density at radius 1 is 1.62 bits per heavy atom. The molecule has 0 aromatic carbocycles. The molecular weight excluding hydrogens is 166 g/mol. The summed E-state index contributed by atoms with van der Waals surface area (Å²) in [4.78, 5) is 4.28. The van der Waals surface area contributed by atoms with E-state index >= 15 is 0 Å². The third-order valence-electron chi connectivity index (χ3n) is 2.01. The quantitative estimate of drug-likeness (QED) is 0.725. The molecule has 1 heterocycles. The molecule has 13 heavy (non-hydrogen) atoms.